The van der Waals surface area contributed by atoms with Crippen LogP contribution < -0.4 is 15.0 Å². The van der Waals surface area contributed by atoms with E-state index >= 15 is 0 Å². The first-order valence-corrected chi connectivity index (χ1v) is 9.31. The van der Waals surface area contributed by atoms with E-state index < -0.39 is 0 Å². The SMILES string of the molecule is COc1cccc(N2C[C@H](C(=O)NCc3ccc(-n4cccn4)nc3)CC2=O)c1. The number of aromatic nitrogens is 3. The minimum absolute atomic E-state index is 0.0661. The molecule has 0 radical (unpaired) electrons. The van der Waals surface area contributed by atoms with Crippen molar-refractivity contribution in [2.24, 2.45) is 5.92 Å². The van der Waals surface area contributed by atoms with Crippen molar-refractivity contribution >= 4 is 17.5 Å². The number of methoxy groups -OCH3 is 1. The van der Waals surface area contributed by atoms with E-state index in [9.17, 15) is 9.59 Å². The molecule has 1 atom stereocenters. The van der Waals surface area contributed by atoms with Crippen LogP contribution in [-0.2, 0) is 16.1 Å². The third kappa shape index (κ3) is 4.11. The summed E-state index contributed by atoms with van der Waals surface area (Å²) in [4.78, 5) is 31.0. The van der Waals surface area contributed by atoms with Crippen LogP contribution in [0.25, 0.3) is 5.82 Å². The quantitative estimate of drug-likeness (QED) is 0.694. The largest absolute Gasteiger partial charge is 0.497 e. The van der Waals surface area contributed by atoms with Gasteiger partial charge in [-0.3, -0.25) is 9.59 Å². The van der Waals surface area contributed by atoms with Crippen molar-refractivity contribution in [2.75, 3.05) is 18.6 Å². The molecule has 4 rings (SSSR count). The molecule has 29 heavy (non-hydrogen) atoms. The predicted molar refractivity (Wildman–Crippen MR) is 107 cm³/mol. The number of pyridine rings is 1. The van der Waals surface area contributed by atoms with Crippen molar-refractivity contribution in [3.63, 3.8) is 0 Å². The molecule has 8 nitrogen and oxygen atoms in total. The van der Waals surface area contributed by atoms with Crippen LogP contribution in [0.3, 0.4) is 0 Å². The fourth-order valence-corrected chi connectivity index (χ4v) is 3.31. The second-order valence-electron chi connectivity index (χ2n) is 6.80. The van der Waals surface area contributed by atoms with Gasteiger partial charge in [0.2, 0.25) is 11.8 Å². The normalized spacial score (nSPS) is 16.1. The fraction of sp³-hybridized carbons (Fsp3) is 0.238. The third-order valence-corrected chi connectivity index (χ3v) is 4.88. The van der Waals surface area contributed by atoms with Crippen molar-refractivity contribution in [2.45, 2.75) is 13.0 Å². The summed E-state index contributed by atoms with van der Waals surface area (Å²) >= 11 is 0. The minimum Gasteiger partial charge on any atom is -0.497 e. The van der Waals surface area contributed by atoms with Crippen LogP contribution in [0.1, 0.15) is 12.0 Å². The maximum Gasteiger partial charge on any atom is 0.227 e. The maximum atomic E-state index is 12.6. The van der Waals surface area contributed by atoms with E-state index in [2.05, 4.69) is 15.4 Å². The van der Waals surface area contributed by atoms with E-state index in [0.29, 0.717) is 24.7 Å². The van der Waals surface area contributed by atoms with E-state index in [1.165, 1.54) is 0 Å². The van der Waals surface area contributed by atoms with Gasteiger partial charge in [-0.05, 0) is 29.8 Å². The number of hydrogen-bond donors (Lipinski definition) is 1. The van der Waals surface area contributed by atoms with Crippen LogP contribution in [0, 0.1) is 5.92 Å². The number of nitrogens with zero attached hydrogens (tertiary/aromatic N) is 4. The number of hydrogen-bond acceptors (Lipinski definition) is 5. The van der Waals surface area contributed by atoms with Gasteiger partial charge in [0.25, 0.3) is 0 Å². The van der Waals surface area contributed by atoms with Gasteiger partial charge in [0.1, 0.15) is 5.75 Å². The fourth-order valence-electron chi connectivity index (χ4n) is 3.31. The highest BCUT2D eigenvalue weighted by atomic mass is 16.5. The van der Waals surface area contributed by atoms with Gasteiger partial charge in [-0.25, -0.2) is 9.67 Å². The second-order valence-corrected chi connectivity index (χ2v) is 6.80. The van der Waals surface area contributed by atoms with Crippen LogP contribution in [0.15, 0.2) is 61.1 Å². The zero-order valence-corrected chi connectivity index (χ0v) is 16.0. The average Bonchev–Trinajstić information content (AvgIpc) is 3.42. The van der Waals surface area contributed by atoms with Gasteiger partial charge in [-0.15, -0.1) is 0 Å². The highest BCUT2D eigenvalue weighted by molar-refractivity contribution is 6.00. The molecule has 0 spiro atoms. The molecule has 0 bridgehead atoms. The number of ether oxygens (including phenoxy) is 1. The molecule has 2 aromatic heterocycles. The summed E-state index contributed by atoms with van der Waals surface area (Å²) in [6.07, 6.45) is 5.40. The molecule has 1 fully saturated rings. The molecule has 1 aliphatic heterocycles. The van der Waals surface area contributed by atoms with Gasteiger partial charge in [-0.1, -0.05) is 12.1 Å². The van der Waals surface area contributed by atoms with Gasteiger partial charge >= 0.3 is 0 Å². The Labute approximate surface area is 168 Å². The molecule has 1 aliphatic rings. The lowest BCUT2D eigenvalue weighted by molar-refractivity contribution is -0.126. The molecule has 0 aliphatic carbocycles. The Kier molecular flexibility index (Phi) is 5.24. The van der Waals surface area contributed by atoms with Crippen molar-refractivity contribution in [1.82, 2.24) is 20.1 Å². The molecule has 1 N–H and O–H groups in total. The lowest BCUT2D eigenvalue weighted by atomic mass is 10.1. The number of benzene rings is 1. The number of carbonyl (C=O) groups excluding carboxylic acids is 2. The topological polar surface area (TPSA) is 89.3 Å². The summed E-state index contributed by atoms with van der Waals surface area (Å²) in [6.45, 7) is 0.712. The van der Waals surface area contributed by atoms with Crippen LogP contribution in [0.4, 0.5) is 5.69 Å². The van der Waals surface area contributed by atoms with E-state index in [4.69, 9.17) is 4.74 Å². The van der Waals surface area contributed by atoms with E-state index in [1.807, 2.05) is 42.6 Å². The Hall–Kier alpha value is -3.68. The van der Waals surface area contributed by atoms with Crippen molar-refractivity contribution in [1.29, 1.82) is 0 Å². The Morgan fingerprint density at radius 1 is 1.28 bits per heavy atom. The first-order valence-electron chi connectivity index (χ1n) is 9.31. The van der Waals surface area contributed by atoms with Crippen LogP contribution in [0.5, 0.6) is 5.75 Å². The van der Waals surface area contributed by atoms with Crippen molar-refractivity contribution in [3.8, 4) is 11.6 Å². The molecule has 1 aromatic carbocycles. The summed E-state index contributed by atoms with van der Waals surface area (Å²) in [5.74, 6) is 0.795. The molecular formula is C21H21N5O3. The molecule has 0 unspecified atom stereocenters. The first kappa shape index (κ1) is 18.7. The smallest absolute Gasteiger partial charge is 0.227 e. The number of nitrogens with one attached hydrogen (secondary N) is 1. The van der Waals surface area contributed by atoms with Crippen molar-refractivity contribution in [3.05, 3.63) is 66.6 Å². The van der Waals surface area contributed by atoms with Crippen molar-refractivity contribution < 1.29 is 14.3 Å². The molecule has 1 saturated heterocycles. The molecule has 148 valence electrons. The zero-order chi connectivity index (χ0) is 20.2. The maximum absolute atomic E-state index is 12.6. The van der Waals surface area contributed by atoms with Crippen LogP contribution in [-0.4, -0.2) is 40.2 Å². The third-order valence-electron chi connectivity index (χ3n) is 4.88. The highest BCUT2D eigenvalue weighted by Crippen LogP contribution is 2.28. The summed E-state index contributed by atoms with van der Waals surface area (Å²) in [7, 11) is 1.58. The van der Waals surface area contributed by atoms with E-state index in [1.54, 1.807) is 35.2 Å². The summed E-state index contributed by atoms with van der Waals surface area (Å²) in [6, 6.07) is 12.9. The predicted octanol–water partition coefficient (Wildman–Crippen LogP) is 1.95. The summed E-state index contributed by atoms with van der Waals surface area (Å²) in [5.41, 5.74) is 1.62. The van der Waals surface area contributed by atoms with Gasteiger partial charge in [0, 0.05) is 49.9 Å². The van der Waals surface area contributed by atoms with Gasteiger partial charge < -0.3 is 15.0 Å². The lowest BCUT2D eigenvalue weighted by Gasteiger charge is -2.17. The Balaban J connectivity index is 1.35. The molecular weight excluding hydrogens is 370 g/mol. The first-order chi connectivity index (χ1) is 14.1. The van der Waals surface area contributed by atoms with Gasteiger partial charge in [-0.2, -0.15) is 5.10 Å². The average molecular weight is 391 g/mol. The second kappa shape index (κ2) is 8.14. The lowest BCUT2D eigenvalue weighted by Crippen LogP contribution is -2.32. The summed E-state index contributed by atoms with van der Waals surface area (Å²) in [5, 5.41) is 7.04. The van der Waals surface area contributed by atoms with Gasteiger partial charge in [0.15, 0.2) is 5.82 Å². The zero-order valence-electron chi connectivity index (χ0n) is 16.0. The van der Waals surface area contributed by atoms with Gasteiger partial charge in [0.05, 0.1) is 13.0 Å². The number of amides is 2. The Morgan fingerprint density at radius 3 is 2.90 bits per heavy atom. The molecule has 8 heteroatoms. The highest BCUT2D eigenvalue weighted by Gasteiger charge is 2.35. The van der Waals surface area contributed by atoms with E-state index in [0.717, 1.165) is 11.3 Å². The Bertz CT molecular complexity index is 1000. The van der Waals surface area contributed by atoms with Crippen LogP contribution in [0.2, 0.25) is 0 Å². The van der Waals surface area contributed by atoms with Crippen LogP contribution >= 0.6 is 0 Å². The molecule has 3 aromatic rings. The Morgan fingerprint density at radius 2 is 2.17 bits per heavy atom. The molecule has 2 amide bonds. The monoisotopic (exact) mass is 391 g/mol. The van der Waals surface area contributed by atoms with E-state index in [-0.39, 0.29) is 24.2 Å². The molecule has 0 saturated carbocycles. The minimum atomic E-state index is -0.384. The number of anilines is 1. The number of rotatable bonds is 6. The standard InChI is InChI=1S/C21H21N5O3/c1-29-18-5-2-4-17(11-18)25-14-16(10-20(25)27)21(28)23-13-15-6-7-19(22-12-15)26-9-3-8-24-26/h2-9,11-12,16H,10,13-14H2,1H3,(H,23,28)/t16-/m1/s1. The number of carbonyl (C=O) groups is 2. The summed E-state index contributed by atoms with van der Waals surface area (Å²) < 4.78 is 6.88. The molecule has 3 heterocycles.